The van der Waals surface area contributed by atoms with Crippen LogP contribution >= 0.6 is 0 Å². The highest BCUT2D eigenvalue weighted by Gasteiger charge is 2.36. The molecule has 0 saturated carbocycles. The van der Waals surface area contributed by atoms with E-state index in [-0.39, 0.29) is 5.91 Å². The minimum Gasteiger partial charge on any atom is -0.489 e. The first kappa shape index (κ1) is 17.5. The van der Waals surface area contributed by atoms with Gasteiger partial charge in [-0.05, 0) is 49.1 Å². The number of hydrogen-bond acceptors (Lipinski definition) is 4. The van der Waals surface area contributed by atoms with Crippen molar-refractivity contribution in [3.8, 4) is 5.75 Å². The summed E-state index contributed by atoms with van der Waals surface area (Å²) in [6.45, 7) is 3.50. The predicted octanol–water partition coefficient (Wildman–Crippen LogP) is 3.02. The van der Waals surface area contributed by atoms with E-state index in [4.69, 9.17) is 15.2 Å². The van der Waals surface area contributed by atoms with Gasteiger partial charge in [0.2, 0.25) is 5.91 Å². The molecule has 0 atom stereocenters. The van der Waals surface area contributed by atoms with E-state index in [0.29, 0.717) is 32.7 Å². The van der Waals surface area contributed by atoms with E-state index < -0.39 is 5.54 Å². The summed E-state index contributed by atoms with van der Waals surface area (Å²) in [5.74, 6) is 0.615. The van der Waals surface area contributed by atoms with Gasteiger partial charge in [-0.3, -0.25) is 4.79 Å². The topological polar surface area (TPSA) is 73.6 Å². The van der Waals surface area contributed by atoms with Gasteiger partial charge in [-0.2, -0.15) is 0 Å². The summed E-state index contributed by atoms with van der Waals surface area (Å²) in [5.41, 5.74) is 8.18. The summed E-state index contributed by atoms with van der Waals surface area (Å²) in [4.78, 5) is 12.5. The molecule has 1 aliphatic rings. The summed E-state index contributed by atoms with van der Waals surface area (Å²) < 4.78 is 11.1. The number of ether oxygens (including phenoxy) is 2. The van der Waals surface area contributed by atoms with E-state index in [2.05, 4.69) is 5.32 Å². The van der Waals surface area contributed by atoms with Crippen LogP contribution in [0.3, 0.4) is 0 Å². The highest BCUT2D eigenvalue weighted by Crippen LogP contribution is 2.25. The van der Waals surface area contributed by atoms with E-state index in [1.807, 2.05) is 55.5 Å². The Labute approximate surface area is 148 Å². The molecule has 2 aromatic rings. The van der Waals surface area contributed by atoms with Gasteiger partial charge in [0.05, 0.1) is 0 Å². The molecule has 1 fully saturated rings. The first-order valence-corrected chi connectivity index (χ1v) is 8.52. The van der Waals surface area contributed by atoms with Crippen molar-refractivity contribution >= 4 is 11.6 Å². The van der Waals surface area contributed by atoms with Crippen LogP contribution in [0, 0.1) is 6.92 Å². The van der Waals surface area contributed by atoms with Crippen molar-refractivity contribution in [2.24, 2.45) is 5.73 Å². The normalized spacial score (nSPS) is 16.2. The molecule has 1 amide bonds. The summed E-state index contributed by atoms with van der Waals surface area (Å²) >= 11 is 0. The second kappa shape index (κ2) is 7.68. The molecule has 5 heteroatoms. The van der Waals surface area contributed by atoms with Gasteiger partial charge < -0.3 is 20.5 Å². The van der Waals surface area contributed by atoms with Crippen molar-refractivity contribution in [3.05, 3.63) is 59.7 Å². The quantitative estimate of drug-likeness (QED) is 0.877. The Morgan fingerprint density at radius 3 is 2.60 bits per heavy atom. The fourth-order valence-corrected chi connectivity index (χ4v) is 2.82. The number of benzene rings is 2. The van der Waals surface area contributed by atoms with Gasteiger partial charge >= 0.3 is 0 Å². The molecule has 1 heterocycles. The number of amides is 1. The number of nitrogens with two attached hydrogens (primary N) is 1. The molecule has 0 spiro atoms. The third-order valence-corrected chi connectivity index (χ3v) is 4.53. The molecule has 0 radical (unpaired) electrons. The van der Waals surface area contributed by atoms with Gasteiger partial charge in [0.25, 0.3) is 0 Å². The Morgan fingerprint density at radius 2 is 1.92 bits per heavy atom. The summed E-state index contributed by atoms with van der Waals surface area (Å²) in [6, 6.07) is 15.6. The minimum absolute atomic E-state index is 0.156. The van der Waals surface area contributed by atoms with Crippen LogP contribution in [-0.2, 0) is 16.1 Å². The van der Waals surface area contributed by atoms with Gasteiger partial charge in [-0.15, -0.1) is 0 Å². The van der Waals surface area contributed by atoms with Crippen LogP contribution in [0.1, 0.15) is 24.0 Å². The second-order valence-electron chi connectivity index (χ2n) is 6.47. The Bertz CT molecular complexity index is 725. The zero-order valence-corrected chi connectivity index (χ0v) is 14.5. The van der Waals surface area contributed by atoms with E-state index in [1.165, 1.54) is 0 Å². The molecule has 0 aliphatic carbocycles. The lowest BCUT2D eigenvalue weighted by Gasteiger charge is -2.32. The van der Waals surface area contributed by atoms with E-state index in [9.17, 15) is 4.79 Å². The van der Waals surface area contributed by atoms with E-state index >= 15 is 0 Å². The van der Waals surface area contributed by atoms with Crippen molar-refractivity contribution in [3.63, 3.8) is 0 Å². The Morgan fingerprint density at radius 1 is 1.20 bits per heavy atom. The molecule has 2 aromatic carbocycles. The van der Waals surface area contributed by atoms with Crippen LogP contribution in [0.4, 0.5) is 5.69 Å². The number of rotatable bonds is 5. The molecule has 1 aliphatic heterocycles. The monoisotopic (exact) mass is 340 g/mol. The van der Waals surface area contributed by atoms with Crippen molar-refractivity contribution in [1.29, 1.82) is 0 Å². The number of aryl methyl sites for hydroxylation is 1. The molecule has 3 N–H and O–H groups in total. The van der Waals surface area contributed by atoms with Crippen LogP contribution in [0.5, 0.6) is 5.75 Å². The van der Waals surface area contributed by atoms with Gasteiger partial charge in [-0.25, -0.2) is 0 Å². The van der Waals surface area contributed by atoms with Gasteiger partial charge in [-0.1, -0.05) is 30.3 Å². The Kier molecular flexibility index (Phi) is 5.36. The molecule has 0 unspecified atom stereocenters. The van der Waals surface area contributed by atoms with Crippen LogP contribution in [0.15, 0.2) is 48.5 Å². The molecular weight excluding hydrogens is 316 g/mol. The summed E-state index contributed by atoms with van der Waals surface area (Å²) in [7, 11) is 0. The minimum atomic E-state index is -0.854. The number of nitrogens with one attached hydrogen (secondary N) is 1. The first-order chi connectivity index (χ1) is 12.1. The van der Waals surface area contributed by atoms with E-state index in [0.717, 1.165) is 22.6 Å². The van der Waals surface area contributed by atoms with Crippen molar-refractivity contribution in [2.45, 2.75) is 31.9 Å². The van der Waals surface area contributed by atoms with Gasteiger partial charge in [0.1, 0.15) is 17.9 Å². The van der Waals surface area contributed by atoms with Gasteiger partial charge in [0.15, 0.2) is 0 Å². The summed E-state index contributed by atoms with van der Waals surface area (Å²) in [5, 5.41) is 2.95. The number of carbonyl (C=O) groups is 1. The molecule has 25 heavy (non-hydrogen) atoms. The third-order valence-electron chi connectivity index (χ3n) is 4.53. The second-order valence-corrected chi connectivity index (χ2v) is 6.47. The van der Waals surface area contributed by atoms with Crippen molar-refractivity contribution < 1.29 is 14.3 Å². The molecule has 3 rings (SSSR count). The number of carbonyl (C=O) groups excluding carboxylic acids is 1. The van der Waals surface area contributed by atoms with Crippen LogP contribution < -0.4 is 15.8 Å². The maximum absolute atomic E-state index is 12.5. The van der Waals surface area contributed by atoms with Crippen LogP contribution in [-0.4, -0.2) is 24.7 Å². The largest absolute Gasteiger partial charge is 0.489 e. The lowest BCUT2D eigenvalue weighted by Crippen LogP contribution is -2.54. The zero-order valence-electron chi connectivity index (χ0n) is 14.5. The molecule has 5 nitrogen and oxygen atoms in total. The smallest absolute Gasteiger partial charge is 0.244 e. The fourth-order valence-electron chi connectivity index (χ4n) is 2.82. The lowest BCUT2D eigenvalue weighted by molar-refractivity contribution is -0.124. The SMILES string of the molecule is Cc1cc(OCc2ccccc2)ccc1NC(=O)C1(N)CCOCC1. The average molecular weight is 340 g/mol. The fraction of sp³-hybridized carbons (Fsp3) is 0.350. The lowest BCUT2D eigenvalue weighted by atomic mass is 9.90. The van der Waals surface area contributed by atoms with Crippen molar-refractivity contribution in [1.82, 2.24) is 0 Å². The molecule has 0 bridgehead atoms. The highest BCUT2D eigenvalue weighted by molar-refractivity contribution is 5.98. The predicted molar refractivity (Wildman–Crippen MR) is 97.6 cm³/mol. The zero-order chi connectivity index (χ0) is 17.7. The third kappa shape index (κ3) is 4.38. The number of hydrogen-bond donors (Lipinski definition) is 2. The molecular formula is C20H24N2O3. The van der Waals surface area contributed by atoms with Crippen molar-refractivity contribution in [2.75, 3.05) is 18.5 Å². The highest BCUT2D eigenvalue weighted by atomic mass is 16.5. The Balaban J connectivity index is 1.62. The van der Waals surface area contributed by atoms with Crippen LogP contribution in [0.25, 0.3) is 0 Å². The standard InChI is InChI=1S/C20H24N2O3/c1-15-13-17(25-14-16-5-3-2-4-6-16)7-8-18(15)22-19(23)20(21)9-11-24-12-10-20/h2-8,13H,9-12,14,21H2,1H3,(H,22,23). The Hall–Kier alpha value is -2.37. The molecule has 1 saturated heterocycles. The maximum Gasteiger partial charge on any atom is 0.244 e. The summed E-state index contributed by atoms with van der Waals surface area (Å²) in [6.07, 6.45) is 1.08. The van der Waals surface area contributed by atoms with E-state index in [1.54, 1.807) is 0 Å². The van der Waals surface area contributed by atoms with Gasteiger partial charge in [0, 0.05) is 18.9 Å². The first-order valence-electron chi connectivity index (χ1n) is 8.52. The average Bonchev–Trinajstić information content (AvgIpc) is 2.63. The maximum atomic E-state index is 12.5. The van der Waals surface area contributed by atoms with Crippen LogP contribution in [0.2, 0.25) is 0 Å². The number of anilines is 1. The molecule has 0 aromatic heterocycles. The molecule has 132 valence electrons.